The van der Waals surface area contributed by atoms with E-state index in [1.807, 2.05) is 148 Å². The molecule has 416 valence electrons. The molecule has 12 nitrogen and oxygen atoms in total. The van der Waals surface area contributed by atoms with Crippen LogP contribution in [-0.2, 0) is 42.0 Å². The van der Waals surface area contributed by atoms with Crippen LogP contribution in [0.15, 0.2) is 293 Å². The minimum atomic E-state index is -1.10. The molecule has 4 atom stereocenters. The molecule has 8 aromatic heterocycles. The molecule has 0 spiro atoms. The third kappa shape index (κ3) is 7.16. The first-order valence-corrected chi connectivity index (χ1v) is 29.0. The Kier molecular flexibility index (Phi) is 11.8. The Labute approximate surface area is 505 Å². The molecule has 0 saturated heterocycles. The largest absolute Gasteiger partial charge is 0.265 e. The molecular weight excluding hydrogens is 1090 g/mol. The molecule has 12 heteroatoms. The summed E-state index contributed by atoms with van der Waals surface area (Å²) in [6.07, 6.45) is 29.2. The fourth-order valence-electron chi connectivity index (χ4n) is 14.6. The molecule has 6 aliphatic rings. The molecule has 12 heterocycles. The van der Waals surface area contributed by atoms with Gasteiger partial charge in [-0.05, 0) is 185 Å². The second-order valence-electron chi connectivity index (χ2n) is 22.1. The lowest BCUT2D eigenvalue weighted by atomic mass is 9.59. The first-order chi connectivity index (χ1) is 43.7. The minimum Gasteiger partial charge on any atom is -0.265 e. The monoisotopic (exact) mass is 1140 g/mol. The van der Waals surface area contributed by atoms with Gasteiger partial charge in [0.2, 0.25) is 0 Å². The van der Waals surface area contributed by atoms with Gasteiger partial charge in [-0.25, -0.2) is 19.6 Å². The molecule has 0 unspecified atom stereocenters. The number of rotatable bonds is 8. The molecule has 6 aromatic carbocycles. The summed E-state index contributed by atoms with van der Waals surface area (Å²) in [6.45, 7) is 0. The van der Waals surface area contributed by atoms with Crippen molar-refractivity contribution in [2.75, 3.05) is 0 Å². The molecule has 0 fully saturated rings. The second kappa shape index (κ2) is 20.3. The van der Waals surface area contributed by atoms with Crippen LogP contribution in [0.3, 0.4) is 0 Å². The van der Waals surface area contributed by atoms with Gasteiger partial charge in [0.25, 0.3) is 0 Å². The number of fused-ring (bicyclic) bond motifs is 4. The van der Waals surface area contributed by atoms with Gasteiger partial charge in [0.1, 0.15) is 0 Å². The molecular formula is C76H48N8O4. The van der Waals surface area contributed by atoms with Crippen LogP contribution in [0.2, 0.25) is 0 Å². The van der Waals surface area contributed by atoms with E-state index in [0.29, 0.717) is 0 Å². The molecule has 4 aliphatic heterocycles. The van der Waals surface area contributed by atoms with Crippen molar-refractivity contribution in [3.63, 3.8) is 0 Å². The Morgan fingerprint density at radius 3 is 0.557 bits per heavy atom. The maximum atomic E-state index is 6.89. The highest BCUT2D eigenvalue weighted by molar-refractivity contribution is 6.11. The zero-order valence-electron chi connectivity index (χ0n) is 46.9. The lowest BCUT2D eigenvalue weighted by Gasteiger charge is -2.55. The normalized spacial score (nSPS) is 19.8. The smallest absolute Gasteiger partial charge is 0.180 e. The second-order valence-corrected chi connectivity index (χ2v) is 22.1. The van der Waals surface area contributed by atoms with Crippen LogP contribution >= 0.6 is 0 Å². The van der Waals surface area contributed by atoms with Crippen LogP contribution < -0.4 is 0 Å². The number of aromatic nitrogens is 8. The first kappa shape index (κ1) is 51.3. The van der Waals surface area contributed by atoms with E-state index in [2.05, 4.69) is 185 Å². The molecule has 20 rings (SSSR count). The Bertz CT molecular complexity index is 4360. The van der Waals surface area contributed by atoms with Gasteiger partial charge < -0.3 is 0 Å². The number of benzene rings is 6. The van der Waals surface area contributed by atoms with Crippen molar-refractivity contribution < 1.29 is 19.6 Å². The number of hydrogen-bond donors (Lipinski definition) is 0. The van der Waals surface area contributed by atoms with E-state index in [0.717, 1.165) is 133 Å². The lowest BCUT2D eigenvalue weighted by Crippen LogP contribution is -2.54. The average Bonchev–Trinajstić information content (AvgIpc) is 0.709. The number of pyridine rings is 8. The van der Waals surface area contributed by atoms with Crippen LogP contribution in [0, 0.1) is 0 Å². The third-order valence-electron chi connectivity index (χ3n) is 18.0. The number of nitrogens with zero attached hydrogens (tertiary/aromatic N) is 8. The molecule has 0 amide bonds. The van der Waals surface area contributed by atoms with Gasteiger partial charge >= 0.3 is 0 Å². The fraction of sp³-hybridized carbons (Fsp3) is 0.0526. The van der Waals surface area contributed by atoms with E-state index in [1.54, 1.807) is 0 Å². The summed E-state index contributed by atoms with van der Waals surface area (Å²) < 4.78 is 0. The van der Waals surface area contributed by atoms with Gasteiger partial charge in [-0.15, -0.1) is 0 Å². The zero-order chi connectivity index (χ0) is 58.3. The van der Waals surface area contributed by atoms with Gasteiger partial charge in [0, 0.05) is 144 Å². The minimum absolute atomic E-state index is 0.926. The van der Waals surface area contributed by atoms with Gasteiger partial charge in [-0.3, -0.25) is 39.9 Å². The van der Waals surface area contributed by atoms with Crippen LogP contribution in [-0.4, -0.2) is 39.9 Å². The van der Waals surface area contributed by atoms with E-state index >= 15 is 0 Å². The van der Waals surface area contributed by atoms with Gasteiger partial charge in [-0.2, -0.15) is 0 Å². The van der Waals surface area contributed by atoms with Gasteiger partial charge in [0.05, 0.1) is 0 Å². The summed E-state index contributed by atoms with van der Waals surface area (Å²) in [5, 5.41) is 4.43. The summed E-state index contributed by atoms with van der Waals surface area (Å²) in [5.74, 6) is 0. The number of hydrogen-bond acceptors (Lipinski definition) is 12. The van der Waals surface area contributed by atoms with E-state index in [1.165, 1.54) is 0 Å². The Morgan fingerprint density at radius 1 is 0.193 bits per heavy atom. The van der Waals surface area contributed by atoms with Gasteiger partial charge in [-0.1, -0.05) is 97.1 Å². The molecule has 88 heavy (non-hydrogen) atoms. The lowest BCUT2D eigenvalue weighted by molar-refractivity contribution is -0.409. The Balaban J connectivity index is 0.000000137. The summed E-state index contributed by atoms with van der Waals surface area (Å²) in [4.78, 5) is 62.5. The fourth-order valence-corrected chi connectivity index (χ4v) is 14.6. The molecule has 4 bridgehead atoms. The zero-order valence-corrected chi connectivity index (χ0v) is 46.9. The molecule has 0 radical (unpaired) electrons. The molecule has 0 N–H and O–H groups in total. The summed E-state index contributed by atoms with van der Waals surface area (Å²) in [5.41, 5.74) is 16.0. The highest BCUT2D eigenvalue weighted by atomic mass is 17.2. The van der Waals surface area contributed by atoms with Crippen molar-refractivity contribution in [1.82, 2.24) is 39.9 Å². The highest BCUT2D eigenvalue weighted by Gasteiger charge is 2.65. The predicted octanol–water partition coefficient (Wildman–Crippen LogP) is 15.2. The van der Waals surface area contributed by atoms with Crippen molar-refractivity contribution >= 4 is 21.5 Å². The van der Waals surface area contributed by atoms with Crippen molar-refractivity contribution in [2.45, 2.75) is 22.4 Å². The molecule has 0 saturated carbocycles. The van der Waals surface area contributed by atoms with Crippen molar-refractivity contribution in [1.29, 1.82) is 0 Å². The Morgan fingerprint density at radius 2 is 0.364 bits per heavy atom. The van der Waals surface area contributed by atoms with E-state index in [4.69, 9.17) is 19.6 Å². The van der Waals surface area contributed by atoms with E-state index < -0.39 is 22.4 Å². The third-order valence-corrected chi connectivity index (χ3v) is 18.0. The predicted molar refractivity (Wildman–Crippen MR) is 335 cm³/mol. The first-order valence-electron chi connectivity index (χ1n) is 29.0. The maximum absolute atomic E-state index is 6.89. The van der Waals surface area contributed by atoms with Crippen LogP contribution in [0.5, 0.6) is 0 Å². The van der Waals surface area contributed by atoms with Crippen LogP contribution in [0.1, 0.15) is 66.8 Å². The average molecular weight is 1140 g/mol. The van der Waals surface area contributed by atoms with Crippen molar-refractivity contribution in [3.05, 3.63) is 360 Å². The standard InChI is InChI=1S/2C38H24N4O2/c2*1-2-6-30-29(5-1)33(25-9-17-39-18-10-25)35-36(34(30)26-11-19-40-20-12-26)38(28-15-23-42-24-16-28)32-8-4-3-7-31(32)37(35,43-44-38)27-13-21-41-22-14-27/h2*1-24H/t2*37-,38+. The van der Waals surface area contributed by atoms with Crippen molar-refractivity contribution in [2.24, 2.45) is 0 Å². The highest BCUT2D eigenvalue weighted by Crippen LogP contribution is 2.68. The SMILES string of the molecule is c1ccc2c(c1)[C@@]1(c3ccncc3)OO[C@]2(c2ccncc2)c2c1c(-c1ccncc1)c1ccccc1c2-c1ccncc1.c1ccc2c(c1)[C@@]1(c3ccncc3)OO[C@]2(c2ccncc2)c2c1c(-c1ccncc1)c1ccccc1c2-c1ccncc1. The topological polar surface area (TPSA) is 140 Å². The maximum Gasteiger partial charge on any atom is 0.180 e. The van der Waals surface area contributed by atoms with Gasteiger partial charge in [0.15, 0.2) is 22.4 Å². The van der Waals surface area contributed by atoms with E-state index in [9.17, 15) is 0 Å². The molecule has 14 aromatic rings. The summed E-state index contributed by atoms with van der Waals surface area (Å²) in [6, 6.07) is 66.9. The quantitative estimate of drug-likeness (QED) is 0.134. The van der Waals surface area contributed by atoms with E-state index in [-0.39, 0.29) is 0 Å². The Hall–Kier alpha value is -11.1. The summed E-state index contributed by atoms with van der Waals surface area (Å²) >= 11 is 0. The van der Waals surface area contributed by atoms with Crippen molar-refractivity contribution in [3.8, 4) is 44.5 Å². The van der Waals surface area contributed by atoms with Crippen LogP contribution in [0.4, 0.5) is 0 Å². The summed E-state index contributed by atoms with van der Waals surface area (Å²) in [7, 11) is 0. The van der Waals surface area contributed by atoms with Crippen LogP contribution in [0.25, 0.3) is 66.1 Å². The molecule has 2 aliphatic carbocycles.